The topological polar surface area (TPSA) is 79.8 Å². The van der Waals surface area contributed by atoms with E-state index in [0.29, 0.717) is 28.9 Å². The third-order valence-corrected chi connectivity index (χ3v) is 4.48. The maximum Gasteiger partial charge on any atom is 0.435 e. The first-order valence-electron chi connectivity index (χ1n) is 8.33. The predicted molar refractivity (Wildman–Crippen MR) is 87.1 cm³/mol. The smallest absolute Gasteiger partial charge is 0.361 e. The van der Waals surface area contributed by atoms with Crippen LogP contribution in [-0.2, 0) is 19.1 Å². The number of carbonyl (C=O) groups is 2. The summed E-state index contributed by atoms with van der Waals surface area (Å²) in [7, 11) is 0. The molecule has 1 aliphatic carbocycles. The number of halogens is 3. The van der Waals surface area contributed by atoms with Crippen LogP contribution in [0.25, 0.3) is 0 Å². The molecule has 140 valence electrons. The van der Waals surface area contributed by atoms with Crippen molar-refractivity contribution in [2.45, 2.75) is 45.8 Å². The number of alkyl halides is 3. The standard InChI is InChI=1S/C17H19F3N4O2/c1-9-8-13(17(18,19)20)23-24(9)7-6-21-16(26)14-10(2)22-11-4-3-5-12(25)15(11)14/h8,22H,3-7H2,1-2H3,(H,21,26). The second kappa shape index (κ2) is 6.62. The van der Waals surface area contributed by atoms with Crippen LogP contribution in [0.1, 0.15) is 56.3 Å². The summed E-state index contributed by atoms with van der Waals surface area (Å²) < 4.78 is 39.2. The van der Waals surface area contributed by atoms with Gasteiger partial charge in [0.2, 0.25) is 0 Å². The van der Waals surface area contributed by atoms with E-state index in [0.717, 1.165) is 24.6 Å². The van der Waals surface area contributed by atoms with Crippen molar-refractivity contribution in [1.29, 1.82) is 0 Å². The molecule has 1 aliphatic rings. The van der Waals surface area contributed by atoms with Gasteiger partial charge in [-0.1, -0.05) is 0 Å². The molecule has 3 rings (SSSR count). The molecule has 6 nitrogen and oxygen atoms in total. The van der Waals surface area contributed by atoms with Crippen molar-refractivity contribution in [2.75, 3.05) is 6.54 Å². The second-order valence-corrected chi connectivity index (χ2v) is 6.40. The Morgan fingerprint density at radius 1 is 1.35 bits per heavy atom. The van der Waals surface area contributed by atoms with E-state index in [2.05, 4.69) is 15.4 Å². The van der Waals surface area contributed by atoms with Gasteiger partial charge in [0.25, 0.3) is 5.91 Å². The molecule has 0 saturated carbocycles. The first-order chi connectivity index (χ1) is 12.2. The minimum Gasteiger partial charge on any atom is -0.361 e. The van der Waals surface area contributed by atoms with Gasteiger partial charge in [-0.2, -0.15) is 18.3 Å². The lowest BCUT2D eigenvalue weighted by atomic mass is 9.93. The number of hydrogen-bond acceptors (Lipinski definition) is 3. The summed E-state index contributed by atoms with van der Waals surface area (Å²) in [5.41, 5.74) is 1.58. The van der Waals surface area contributed by atoms with Crippen molar-refractivity contribution in [2.24, 2.45) is 0 Å². The lowest BCUT2D eigenvalue weighted by Crippen LogP contribution is -2.29. The van der Waals surface area contributed by atoms with Crippen LogP contribution in [0, 0.1) is 13.8 Å². The molecule has 0 aromatic carbocycles. The minimum atomic E-state index is -4.50. The largest absolute Gasteiger partial charge is 0.435 e. The first kappa shape index (κ1) is 18.2. The highest BCUT2D eigenvalue weighted by molar-refractivity contribution is 6.10. The van der Waals surface area contributed by atoms with Gasteiger partial charge in [0.15, 0.2) is 11.5 Å². The van der Waals surface area contributed by atoms with Crippen LogP contribution in [0.3, 0.4) is 0 Å². The molecule has 0 unspecified atom stereocenters. The quantitative estimate of drug-likeness (QED) is 0.871. The Bertz CT molecular complexity index is 864. The van der Waals surface area contributed by atoms with Crippen molar-refractivity contribution in [3.8, 4) is 0 Å². The average Bonchev–Trinajstić information content (AvgIpc) is 3.08. The van der Waals surface area contributed by atoms with E-state index in [1.807, 2.05) is 0 Å². The number of hydrogen-bond donors (Lipinski definition) is 2. The summed E-state index contributed by atoms with van der Waals surface area (Å²) in [6.07, 6.45) is -2.60. The Balaban J connectivity index is 1.68. The van der Waals surface area contributed by atoms with Gasteiger partial charge in [0, 0.05) is 30.0 Å². The van der Waals surface area contributed by atoms with Crippen LogP contribution in [0.2, 0.25) is 0 Å². The molecule has 0 spiro atoms. The molecule has 0 aliphatic heterocycles. The van der Waals surface area contributed by atoms with Crippen LogP contribution >= 0.6 is 0 Å². The number of H-pyrrole nitrogens is 1. The maximum atomic E-state index is 12.7. The highest BCUT2D eigenvalue weighted by Gasteiger charge is 2.34. The molecule has 26 heavy (non-hydrogen) atoms. The van der Waals surface area contributed by atoms with Crippen LogP contribution in [0.4, 0.5) is 13.2 Å². The number of aromatic amines is 1. The minimum absolute atomic E-state index is 0.0570. The monoisotopic (exact) mass is 368 g/mol. The Kier molecular flexibility index (Phi) is 4.64. The maximum absolute atomic E-state index is 12.7. The third kappa shape index (κ3) is 3.38. The fourth-order valence-electron chi connectivity index (χ4n) is 3.26. The van der Waals surface area contributed by atoms with Crippen molar-refractivity contribution in [3.63, 3.8) is 0 Å². The van der Waals surface area contributed by atoms with Crippen LogP contribution in [0.15, 0.2) is 6.07 Å². The molecule has 2 aromatic rings. The first-order valence-corrected chi connectivity index (χ1v) is 8.33. The van der Waals surface area contributed by atoms with Gasteiger partial charge in [-0.25, -0.2) is 0 Å². The van der Waals surface area contributed by atoms with E-state index >= 15 is 0 Å². The number of aryl methyl sites for hydroxylation is 3. The predicted octanol–water partition coefficient (Wildman–Crippen LogP) is 2.80. The van der Waals surface area contributed by atoms with E-state index in [4.69, 9.17) is 0 Å². The van der Waals surface area contributed by atoms with Gasteiger partial charge in [0.1, 0.15) is 0 Å². The summed E-state index contributed by atoms with van der Waals surface area (Å²) in [6, 6.07) is 0.965. The van der Waals surface area contributed by atoms with Gasteiger partial charge in [-0.3, -0.25) is 14.3 Å². The van der Waals surface area contributed by atoms with Crippen LogP contribution in [0.5, 0.6) is 0 Å². The fourth-order valence-corrected chi connectivity index (χ4v) is 3.26. The lowest BCUT2D eigenvalue weighted by molar-refractivity contribution is -0.141. The van der Waals surface area contributed by atoms with Gasteiger partial charge >= 0.3 is 6.18 Å². The molecule has 2 N–H and O–H groups in total. The van der Waals surface area contributed by atoms with E-state index in [-0.39, 0.29) is 18.9 Å². The SMILES string of the molecule is Cc1[nH]c2c(c1C(=O)NCCn1nc(C(F)(F)F)cc1C)C(=O)CCC2. The van der Waals surface area contributed by atoms with Gasteiger partial charge in [-0.15, -0.1) is 0 Å². The van der Waals surface area contributed by atoms with Gasteiger partial charge in [-0.05, 0) is 32.8 Å². The number of ketones is 1. The highest BCUT2D eigenvalue weighted by atomic mass is 19.4. The van der Waals surface area contributed by atoms with Crippen LogP contribution < -0.4 is 5.32 Å². The molecule has 0 radical (unpaired) electrons. The number of Topliss-reactive ketones (excluding diaryl/α,β-unsaturated/α-hetero) is 1. The summed E-state index contributed by atoms with van der Waals surface area (Å²) in [6.45, 7) is 3.46. The molecule has 2 aromatic heterocycles. The number of fused-ring (bicyclic) bond motifs is 1. The Labute approximate surface area is 147 Å². The van der Waals surface area contributed by atoms with Crippen LogP contribution in [-0.4, -0.2) is 33.0 Å². The second-order valence-electron chi connectivity index (χ2n) is 6.40. The molecule has 0 saturated heterocycles. The Hall–Kier alpha value is -2.58. The number of aromatic nitrogens is 3. The summed E-state index contributed by atoms with van der Waals surface area (Å²) in [5, 5.41) is 6.19. The van der Waals surface area contributed by atoms with E-state index in [1.165, 1.54) is 11.6 Å². The zero-order valence-corrected chi connectivity index (χ0v) is 14.5. The lowest BCUT2D eigenvalue weighted by Gasteiger charge is -2.12. The number of carbonyl (C=O) groups excluding carboxylic acids is 2. The fraction of sp³-hybridized carbons (Fsp3) is 0.471. The molecule has 0 fully saturated rings. The normalized spacial score (nSPS) is 14.4. The molecule has 0 atom stereocenters. The van der Waals surface area contributed by atoms with Gasteiger partial charge in [0.05, 0.1) is 17.7 Å². The van der Waals surface area contributed by atoms with E-state index < -0.39 is 17.8 Å². The zero-order valence-electron chi connectivity index (χ0n) is 14.5. The highest BCUT2D eigenvalue weighted by Crippen LogP contribution is 2.28. The summed E-state index contributed by atoms with van der Waals surface area (Å²) >= 11 is 0. The third-order valence-electron chi connectivity index (χ3n) is 4.48. The Morgan fingerprint density at radius 2 is 2.08 bits per heavy atom. The number of rotatable bonds is 4. The number of nitrogens with zero attached hydrogens (tertiary/aromatic N) is 2. The zero-order chi connectivity index (χ0) is 19.1. The Morgan fingerprint density at radius 3 is 2.73 bits per heavy atom. The molecule has 0 bridgehead atoms. The number of amides is 1. The molecule has 9 heteroatoms. The van der Waals surface area contributed by atoms with Crippen molar-refractivity contribution in [3.05, 3.63) is 40.0 Å². The van der Waals surface area contributed by atoms with Crippen molar-refractivity contribution < 1.29 is 22.8 Å². The van der Waals surface area contributed by atoms with Crippen molar-refractivity contribution >= 4 is 11.7 Å². The van der Waals surface area contributed by atoms with Gasteiger partial charge < -0.3 is 10.3 Å². The number of nitrogens with one attached hydrogen (secondary N) is 2. The average molecular weight is 368 g/mol. The molecule has 1 amide bonds. The molecular weight excluding hydrogens is 349 g/mol. The van der Waals surface area contributed by atoms with E-state index in [1.54, 1.807) is 6.92 Å². The van der Waals surface area contributed by atoms with E-state index in [9.17, 15) is 22.8 Å². The summed E-state index contributed by atoms with van der Waals surface area (Å²) in [5.74, 6) is -0.463. The summed E-state index contributed by atoms with van der Waals surface area (Å²) in [4.78, 5) is 27.7. The van der Waals surface area contributed by atoms with Crippen molar-refractivity contribution in [1.82, 2.24) is 20.1 Å². The molecular formula is C17H19F3N4O2. The molecule has 2 heterocycles.